The van der Waals surface area contributed by atoms with E-state index in [-0.39, 0.29) is 39.1 Å². The maximum atomic E-state index is 12.8. The average molecular weight is 542 g/mol. The Balaban J connectivity index is 1.92. The number of nitrogens with zero attached hydrogens (tertiary/aromatic N) is 1. The monoisotopic (exact) mass is 541 g/mol. The molecule has 38 heavy (non-hydrogen) atoms. The van der Waals surface area contributed by atoms with Crippen molar-refractivity contribution in [2.75, 3.05) is 33.4 Å². The molecular weight excluding hydrogens is 507 g/mol. The number of amides is 1. The number of carboxylic acids is 1. The molecule has 210 valence electrons. The van der Waals surface area contributed by atoms with E-state index in [4.69, 9.17) is 18.9 Å². The number of carbonyl (C=O) groups is 2. The van der Waals surface area contributed by atoms with E-state index in [1.807, 2.05) is 0 Å². The predicted octanol–water partition coefficient (Wildman–Crippen LogP) is 5.73. The Morgan fingerprint density at radius 3 is 2.13 bits per heavy atom. The van der Waals surface area contributed by atoms with Crippen LogP contribution in [0.2, 0.25) is 0 Å². The van der Waals surface area contributed by atoms with Crippen LogP contribution in [0.4, 0.5) is 18.0 Å². The smallest absolute Gasteiger partial charge is 0.415 e. The minimum absolute atomic E-state index is 0.0141. The number of methoxy groups -OCH3 is 1. The summed E-state index contributed by atoms with van der Waals surface area (Å²) in [5.74, 6) is 0.390. The van der Waals surface area contributed by atoms with Gasteiger partial charge in [0.05, 0.1) is 13.7 Å². The Morgan fingerprint density at radius 2 is 1.55 bits per heavy atom. The van der Waals surface area contributed by atoms with E-state index in [2.05, 4.69) is 0 Å². The number of halogens is 3. The van der Waals surface area contributed by atoms with Gasteiger partial charge in [-0.15, -0.1) is 0 Å². The van der Waals surface area contributed by atoms with E-state index < -0.39 is 30.8 Å². The zero-order valence-electron chi connectivity index (χ0n) is 21.5. The fourth-order valence-electron chi connectivity index (χ4n) is 3.54. The number of carboxylic acid groups (broad SMARTS) is 1. The van der Waals surface area contributed by atoms with Crippen LogP contribution in [0, 0.1) is 0 Å². The molecule has 0 fully saturated rings. The van der Waals surface area contributed by atoms with E-state index in [1.165, 1.54) is 12.0 Å². The van der Waals surface area contributed by atoms with Gasteiger partial charge in [-0.2, -0.15) is 13.2 Å². The maximum absolute atomic E-state index is 12.8. The summed E-state index contributed by atoms with van der Waals surface area (Å²) in [6.45, 7) is 2.50. The largest absolute Gasteiger partial charge is 0.497 e. The number of ether oxygens (including phenoxy) is 4. The first kappa shape index (κ1) is 30.8. The van der Waals surface area contributed by atoms with Gasteiger partial charge in [-0.1, -0.05) is 18.6 Å². The minimum atomic E-state index is -4.20. The molecule has 1 unspecified atom stereocenters. The lowest BCUT2D eigenvalue weighted by atomic mass is 10.1. The van der Waals surface area contributed by atoms with Gasteiger partial charge in [0.2, 0.25) is 0 Å². The molecule has 2 rings (SSSR count). The first-order valence-corrected chi connectivity index (χ1v) is 12.3. The molecule has 2 aromatic rings. The third kappa shape index (κ3) is 11.7. The summed E-state index contributed by atoms with van der Waals surface area (Å²) < 4.78 is 58.7. The topological polar surface area (TPSA) is 94.5 Å². The second kappa shape index (κ2) is 15.7. The zero-order valence-corrected chi connectivity index (χ0v) is 21.5. The van der Waals surface area contributed by atoms with Crippen molar-refractivity contribution in [1.29, 1.82) is 0 Å². The molecule has 0 aliphatic heterocycles. The Kier molecular flexibility index (Phi) is 12.7. The van der Waals surface area contributed by atoms with Crippen LogP contribution in [0.25, 0.3) is 0 Å². The molecule has 0 aliphatic rings. The number of aliphatic carboxylic acids is 1. The molecule has 1 N–H and O–H groups in total. The molecule has 0 saturated heterocycles. The fraction of sp³-hybridized carbons (Fsp3) is 0.481. The van der Waals surface area contributed by atoms with Crippen LogP contribution in [-0.4, -0.2) is 67.8 Å². The molecule has 0 spiro atoms. The van der Waals surface area contributed by atoms with Crippen LogP contribution < -0.4 is 14.2 Å². The Hall–Kier alpha value is -3.47. The van der Waals surface area contributed by atoms with E-state index in [1.54, 1.807) is 55.5 Å². The van der Waals surface area contributed by atoms with E-state index in [0.717, 1.165) is 5.56 Å². The molecular formula is C27H34F3NO7. The quantitative estimate of drug-likeness (QED) is 0.271. The third-order valence-corrected chi connectivity index (χ3v) is 5.53. The molecule has 8 nitrogen and oxygen atoms in total. The highest BCUT2D eigenvalue weighted by molar-refractivity contribution is 5.72. The van der Waals surface area contributed by atoms with Crippen molar-refractivity contribution in [3.05, 3.63) is 54.1 Å². The van der Waals surface area contributed by atoms with Gasteiger partial charge >= 0.3 is 18.2 Å². The predicted molar refractivity (Wildman–Crippen MR) is 134 cm³/mol. The van der Waals surface area contributed by atoms with E-state index >= 15 is 0 Å². The van der Waals surface area contributed by atoms with E-state index in [0.29, 0.717) is 30.1 Å². The fourth-order valence-corrected chi connectivity index (χ4v) is 3.54. The first-order valence-electron chi connectivity index (χ1n) is 12.3. The van der Waals surface area contributed by atoms with Gasteiger partial charge < -0.3 is 29.0 Å². The molecule has 0 bridgehead atoms. The van der Waals surface area contributed by atoms with Gasteiger partial charge in [0.25, 0.3) is 0 Å². The molecule has 1 amide bonds. The molecule has 0 radical (unpaired) electrons. The number of hydrogen-bond donors (Lipinski definition) is 1. The molecule has 0 heterocycles. The maximum Gasteiger partial charge on any atom is 0.415 e. The molecule has 0 aromatic heterocycles. The second-order valence-electron chi connectivity index (χ2n) is 8.44. The van der Waals surface area contributed by atoms with Gasteiger partial charge in [0.15, 0.2) is 6.10 Å². The van der Waals surface area contributed by atoms with Gasteiger partial charge in [-0.3, -0.25) is 0 Å². The molecule has 11 heteroatoms. The number of unbranched alkanes of at least 4 members (excludes halogenated alkanes) is 2. The summed E-state index contributed by atoms with van der Waals surface area (Å²) in [5, 5.41) is 9.23. The Bertz CT molecular complexity index is 982. The summed E-state index contributed by atoms with van der Waals surface area (Å²) in [6.07, 6.45) is -5.74. The minimum Gasteiger partial charge on any atom is -0.497 e. The van der Waals surface area contributed by atoms with Crippen molar-refractivity contribution in [3.63, 3.8) is 0 Å². The van der Waals surface area contributed by atoms with Crippen molar-refractivity contribution in [2.24, 2.45) is 0 Å². The standard InChI is InChI=1S/C27H34F3NO7/c1-3-36-24(25(32)33)19-20-7-9-22(10-8-20)37-18-17-31(16-6-4-5-15-27(28,29)30)26(34)38-23-13-11-21(35-2)12-14-23/h7-14,24H,3-6,15-19H2,1-2H3,(H,32,33). The van der Waals surface area contributed by atoms with Gasteiger partial charge in [-0.05, 0) is 61.7 Å². The number of carbonyl (C=O) groups excluding carboxylic acids is 1. The van der Waals surface area contributed by atoms with Crippen LogP contribution in [0.1, 0.15) is 38.2 Å². The summed E-state index contributed by atoms with van der Waals surface area (Å²) in [4.78, 5) is 25.4. The number of alkyl halides is 3. The van der Waals surface area contributed by atoms with Gasteiger partial charge in [0.1, 0.15) is 23.9 Å². The lowest BCUT2D eigenvalue weighted by molar-refractivity contribution is -0.150. The van der Waals surface area contributed by atoms with Crippen LogP contribution in [0.3, 0.4) is 0 Å². The Morgan fingerprint density at radius 1 is 0.921 bits per heavy atom. The highest BCUT2D eigenvalue weighted by Gasteiger charge is 2.26. The van der Waals surface area contributed by atoms with Crippen molar-refractivity contribution < 1.29 is 46.8 Å². The van der Waals surface area contributed by atoms with Crippen molar-refractivity contribution in [3.8, 4) is 17.2 Å². The van der Waals surface area contributed by atoms with Gasteiger partial charge in [0, 0.05) is 26.0 Å². The molecule has 2 aromatic carbocycles. The highest BCUT2D eigenvalue weighted by Crippen LogP contribution is 2.23. The summed E-state index contributed by atoms with van der Waals surface area (Å²) in [7, 11) is 1.52. The average Bonchev–Trinajstić information content (AvgIpc) is 2.87. The summed E-state index contributed by atoms with van der Waals surface area (Å²) >= 11 is 0. The zero-order chi connectivity index (χ0) is 28.0. The summed E-state index contributed by atoms with van der Waals surface area (Å²) in [5.41, 5.74) is 0.766. The van der Waals surface area contributed by atoms with Crippen molar-refractivity contribution in [2.45, 2.75) is 51.3 Å². The molecule has 1 atom stereocenters. The van der Waals surface area contributed by atoms with Crippen LogP contribution in [-0.2, 0) is 16.0 Å². The number of hydrogen-bond acceptors (Lipinski definition) is 6. The van der Waals surface area contributed by atoms with Crippen LogP contribution in [0.15, 0.2) is 48.5 Å². The highest BCUT2D eigenvalue weighted by atomic mass is 19.4. The lowest BCUT2D eigenvalue weighted by Crippen LogP contribution is -2.37. The van der Waals surface area contributed by atoms with Crippen LogP contribution in [0.5, 0.6) is 17.2 Å². The molecule has 0 aliphatic carbocycles. The van der Waals surface area contributed by atoms with Crippen molar-refractivity contribution in [1.82, 2.24) is 4.90 Å². The normalized spacial score (nSPS) is 12.0. The Labute approximate surface area is 220 Å². The lowest BCUT2D eigenvalue weighted by Gasteiger charge is -2.22. The van der Waals surface area contributed by atoms with E-state index in [9.17, 15) is 27.9 Å². The van der Waals surface area contributed by atoms with Crippen molar-refractivity contribution >= 4 is 12.1 Å². The third-order valence-electron chi connectivity index (χ3n) is 5.53. The van der Waals surface area contributed by atoms with Gasteiger partial charge in [-0.25, -0.2) is 9.59 Å². The first-order chi connectivity index (χ1) is 18.1. The number of rotatable bonds is 16. The molecule has 0 saturated carbocycles. The number of benzene rings is 2. The second-order valence-corrected chi connectivity index (χ2v) is 8.44. The van der Waals surface area contributed by atoms with Crippen LogP contribution >= 0.6 is 0 Å². The summed E-state index contributed by atoms with van der Waals surface area (Å²) in [6, 6.07) is 13.3. The SMILES string of the molecule is CCOC(Cc1ccc(OCCN(CCCCCC(F)(F)F)C(=O)Oc2ccc(OC)cc2)cc1)C(=O)O.